The van der Waals surface area contributed by atoms with Gasteiger partial charge in [0.05, 0.1) is 18.6 Å². The minimum Gasteiger partial charge on any atom is -0.502 e. The van der Waals surface area contributed by atoms with Gasteiger partial charge in [0.25, 0.3) is 0 Å². The lowest BCUT2D eigenvalue weighted by molar-refractivity contribution is -0.127. The Morgan fingerprint density at radius 2 is 2.29 bits per heavy atom. The average Bonchev–Trinajstić information content (AvgIpc) is 2.51. The molecule has 7 heteroatoms. The largest absolute Gasteiger partial charge is 0.502 e. The first-order valence-corrected chi connectivity index (χ1v) is 7.14. The van der Waals surface area contributed by atoms with E-state index in [0.29, 0.717) is 26.1 Å². The Kier molecular flexibility index (Phi) is 4.95. The van der Waals surface area contributed by atoms with Crippen molar-refractivity contribution < 1.29 is 17.9 Å². The maximum Gasteiger partial charge on any atom is 0.222 e. The van der Waals surface area contributed by atoms with Gasteiger partial charge in [-0.2, -0.15) is 0 Å². The molecule has 98 valence electrons. The summed E-state index contributed by atoms with van der Waals surface area (Å²) in [7, 11) is -3.50. The van der Waals surface area contributed by atoms with Crippen LogP contribution in [0.4, 0.5) is 0 Å². The van der Waals surface area contributed by atoms with E-state index in [0.717, 1.165) is 0 Å². The van der Waals surface area contributed by atoms with Gasteiger partial charge in [-0.15, -0.1) is 0 Å². The summed E-state index contributed by atoms with van der Waals surface area (Å²) in [6.07, 6.45) is 2.33. The molecule has 6 nitrogen and oxygen atoms in total. The highest BCUT2D eigenvalue weighted by Crippen LogP contribution is 2.18. The van der Waals surface area contributed by atoms with Crippen LogP contribution in [0.3, 0.4) is 0 Å². The number of rotatable bonds is 7. The Labute approximate surface area is 101 Å². The molecule has 0 saturated carbocycles. The minimum absolute atomic E-state index is 0.0164. The summed E-state index contributed by atoms with van der Waals surface area (Å²) in [6.45, 7) is 4.96. The predicted octanol–water partition coefficient (Wildman–Crippen LogP) is -0.326. The second-order valence-corrected chi connectivity index (χ2v) is 5.79. The number of hydrogen-bond acceptors (Lipinski definition) is 4. The molecule has 0 spiro atoms. The van der Waals surface area contributed by atoms with Crippen molar-refractivity contribution in [2.75, 3.05) is 25.4 Å². The topological polar surface area (TPSA) is 89.7 Å². The second-order valence-electron chi connectivity index (χ2n) is 4.13. The highest BCUT2D eigenvalue weighted by Gasteiger charge is 2.31. The van der Waals surface area contributed by atoms with Gasteiger partial charge in [0.1, 0.15) is 0 Å². The molecular weight excluding hydrogens is 244 g/mol. The van der Waals surface area contributed by atoms with E-state index in [2.05, 4.69) is 6.58 Å². The molecule has 1 amide bonds. The Morgan fingerprint density at radius 3 is 2.88 bits per heavy atom. The molecular formula is C10H18N2O4S. The molecule has 1 atom stereocenters. The molecule has 1 aliphatic rings. The van der Waals surface area contributed by atoms with Crippen molar-refractivity contribution in [2.24, 2.45) is 11.1 Å². The third-order valence-corrected chi connectivity index (χ3v) is 3.51. The molecule has 1 heterocycles. The molecule has 1 fully saturated rings. The van der Waals surface area contributed by atoms with Crippen molar-refractivity contribution in [2.45, 2.75) is 12.8 Å². The van der Waals surface area contributed by atoms with Gasteiger partial charge in [0, 0.05) is 25.4 Å². The van der Waals surface area contributed by atoms with Gasteiger partial charge in [0.15, 0.2) is 0 Å². The number of carbonyl (C=O) groups is 1. The third-order valence-electron chi connectivity index (χ3n) is 2.57. The van der Waals surface area contributed by atoms with Gasteiger partial charge in [-0.3, -0.25) is 4.79 Å². The minimum atomic E-state index is -3.50. The van der Waals surface area contributed by atoms with Crippen molar-refractivity contribution >= 4 is 15.9 Å². The van der Waals surface area contributed by atoms with Crippen LogP contribution in [-0.2, 0) is 19.6 Å². The summed E-state index contributed by atoms with van der Waals surface area (Å²) in [5.41, 5.74) is 0. The first kappa shape index (κ1) is 14.0. The summed E-state index contributed by atoms with van der Waals surface area (Å²) in [6, 6.07) is 0. The number of primary sulfonamides is 1. The Balaban J connectivity index is 2.34. The zero-order valence-corrected chi connectivity index (χ0v) is 10.5. The van der Waals surface area contributed by atoms with Crippen LogP contribution in [0.15, 0.2) is 12.8 Å². The van der Waals surface area contributed by atoms with Gasteiger partial charge in [-0.25, -0.2) is 13.6 Å². The van der Waals surface area contributed by atoms with Gasteiger partial charge >= 0.3 is 0 Å². The molecule has 0 radical (unpaired) electrons. The van der Waals surface area contributed by atoms with Gasteiger partial charge in [0.2, 0.25) is 15.9 Å². The van der Waals surface area contributed by atoms with E-state index in [1.165, 1.54) is 6.26 Å². The number of likely N-dealkylation sites (tertiary alicyclic amines) is 1. The first-order valence-electron chi connectivity index (χ1n) is 5.43. The van der Waals surface area contributed by atoms with Crippen LogP contribution in [0.25, 0.3) is 0 Å². The molecule has 1 saturated heterocycles. The van der Waals surface area contributed by atoms with Crippen LogP contribution < -0.4 is 5.14 Å². The summed E-state index contributed by atoms with van der Waals surface area (Å²) < 4.78 is 26.8. The van der Waals surface area contributed by atoms with Crippen molar-refractivity contribution in [1.29, 1.82) is 0 Å². The number of ether oxygens (including phenoxy) is 1. The normalized spacial score (nSPS) is 20.6. The van der Waals surface area contributed by atoms with Crippen LogP contribution in [0.1, 0.15) is 12.8 Å². The number of nitrogens with two attached hydrogens (primary N) is 1. The number of nitrogens with zero attached hydrogens (tertiary/aromatic N) is 1. The number of amides is 1. The zero-order chi connectivity index (χ0) is 12.9. The highest BCUT2D eigenvalue weighted by molar-refractivity contribution is 7.89. The molecule has 1 rings (SSSR count). The maximum absolute atomic E-state index is 11.6. The summed E-state index contributed by atoms with van der Waals surface area (Å²) in [5, 5.41) is 4.96. The van der Waals surface area contributed by atoms with E-state index >= 15 is 0 Å². The first-order chi connectivity index (χ1) is 7.92. The molecule has 0 aromatic carbocycles. The fraction of sp³-hybridized carbons (Fsp3) is 0.700. The molecule has 17 heavy (non-hydrogen) atoms. The Morgan fingerprint density at radius 1 is 1.59 bits per heavy atom. The molecule has 0 bridgehead atoms. The SMILES string of the molecule is C=COCCCN1CC(CS(N)(=O)=O)CC1=O. The fourth-order valence-electron chi connectivity index (χ4n) is 1.93. The average molecular weight is 262 g/mol. The molecule has 1 unspecified atom stereocenters. The van der Waals surface area contributed by atoms with Gasteiger partial charge < -0.3 is 9.64 Å². The fourth-order valence-corrected chi connectivity index (χ4v) is 2.81. The lowest BCUT2D eigenvalue weighted by atomic mass is 10.1. The van der Waals surface area contributed by atoms with E-state index < -0.39 is 10.0 Å². The lowest BCUT2D eigenvalue weighted by Crippen LogP contribution is -2.29. The van der Waals surface area contributed by atoms with E-state index in [4.69, 9.17) is 9.88 Å². The highest BCUT2D eigenvalue weighted by atomic mass is 32.2. The Bertz CT molecular complexity index is 380. The van der Waals surface area contributed by atoms with E-state index in [9.17, 15) is 13.2 Å². The smallest absolute Gasteiger partial charge is 0.222 e. The summed E-state index contributed by atoms with van der Waals surface area (Å²) in [4.78, 5) is 13.2. The van der Waals surface area contributed by atoms with Crippen LogP contribution in [-0.4, -0.2) is 44.7 Å². The quantitative estimate of drug-likeness (QED) is 0.502. The molecule has 0 aliphatic carbocycles. The summed E-state index contributed by atoms with van der Waals surface area (Å²) >= 11 is 0. The van der Waals surface area contributed by atoms with E-state index in [1.807, 2.05) is 0 Å². The van der Waals surface area contributed by atoms with Gasteiger partial charge in [-0.1, -0.05) is 6.58 Å². The lowest BCUT2D eigenvalue weighted by Gasteiger charge is -2.16. The molecule has 0 aromatic rings. The van der Waals surface area contributed by atoms with Crippen molar-refractivity contribution in [3.8, 4) is 0 Å². The molecule has 2 N–H and O–H groups in total. The van der Waals surface area contributed by atoms with Crippen LogP contribution in [0, 0.1) is 5.92 Å². The number of sulfonamides is 1. The van der Waals surface area contributed by atoms with E-state index in [1.54, 1.807) is 4.90 Å². The monoisotopic (exact) mass is 262 g/mol. The second kappa shape index (κ2) is 6.02. The maximum atomic E-state index is 11.6. The zero-order valence-electron chi connectivity index (χ0n) is 9.67. The number of carbonyl (C=O) groups excluding carboxylic acids is 1. The van der Waals surface area contributed by atoms with Crippen molar-refractivity contribution in [3.63, 3.8) is 0 Å². The van der Waals surface area contributed by atoms with E-state index in [-0.39, 0.29) is 24.0 Å². The predicted molar refractivity (Wildman–Crippen MR) is 63.4 cm³/mol. The van der Waals surface area contributed by atoms with Crippen molar-refractivity contribution in [1.82, 2.24) is 4.90 Å². The van der Waals surface area contributed by atoms with Crippen LogP contribution in [0.5, 0.6) is 0 Å². The van der Waals surface area contributed by atoms with Crippen LogP contribution >= 0.6 is 0 Å². The van der Waals surface area contributed by atoms with Crippen LogP contribution in [0.2, 0.25) is 0 Å². The van der Waals surface area contributed by atoms with Gasteiger partial charge in [-0.05, 0) is 6.42 Å². The summed E-state index contributed by atoms with van der Waals surface area (Å²) in [5.74, 6) is -0.326. The van der Waals surface area contributed by atoms with Crippen molar-refractivity contribution in [3.05, 3.63) is 12.8 Å². The molecule has 0 aromatic heterocycles. The molecule has 1 aliphatic heterocycles. The Hall–Kier alpha value is -1.08. The number of hydrogen-bond donors (Lipinski definition) is 1. The third kappa shape index (κ3) is 5.18. The standard InChI is InChI=1S/C10H18N2O4S/c1-2-16-5-3-4-12-7-9(6-10(12)13)8-17(11,14)15/h2,9H,1,3-8H2,(H2,11,14,15).